The number of hydrogen-bond donors (Lipinski definition) is 0. The number of thioether (sulfide) groups is 1. The highest BCUT2D eigenvalue weighted by molar-refractivity contribution is 7.99. The van der Waals surface area contributed by atoms with E-state index in [1.807, 2.05) is 52.2 Å². The van der Waals surface area contributed by atoms with Crippen molar-refractivity contribution < 1.29 is 4.79 Å². The molecular weight excluding hydrogens is 306 g/mol. The summed E-state index contributed by atoms with van der Waals surface area (Å²) in [6, 6.07) is 9.57. The van der Waals surface area contributed by atoms with Crippen LogP contribution in [-0.4, -0.2) is 45.0 Å². The number of rotatable bonds is 3. The van der Waals surface area contributed by atoms with E-state index in [0.717, 1.165) is 24.8 Å². The number of likely N-dealkylation sites (tertiary alicyclic amines) is 1. The van der Waals surface area contributed by atoms with Gasteiger partial charge in [-0.25, -0.2) is 4.98 Å². The second-order valence-electron chi connectivity index (χ2n) is 6.39. The highest BCUT2D eigenvalue weighted by Gasteiger charge is 2.37. The Hall–Kier alpha value is -1.75. The number of pyridine rings is 1. The van der Waals surface area contributed by atoms with Crippen molar-refractivity contribution in [3.8, 4) is 5.82 Å². The average Bonchev–Trinajstić information content (AvgIpc) is 3.09. The van der Waals surface area contributed by atoms with E-state index in [1.54, 1.807) is 0 Å². The van der Waals surface area contributed by atoms with Crippen molar-refractivity contribution in [1.29, 1.82) is 0 Å². The fraction of sp³-hybridized carbons (Fsp3) is 0.444. The summed E-state index contributed by atoms with van der Waals surface area (Å²) in [6.07, 6.45) is 6.52. The summed E-state index contributed by atoms with van der Waals surface area (Å²) in [5, 5.41) is 0. The van der Waals surface area contributed by atoms with Crippen molar-refractivity contribution in [2.75, 3.05) is 24.6 Å². The zero-order chi connectivity index (χ0) is 15.6. The summed E-state index contributed by atoms with van der Waals surface area (Å²) in [7, 11) is 0. The quantitative estimate of drug-likeness (QED) is 0.869. The Morgan fingerprint density at radius 2 is 1.78 bits per heavy atom. The van der Waals surface area contributed by atoms with Gasteiger partial charge in [0.2, 0.25) is 0 Å². The molecule has 2 saturated heterocycles. The van der Waals surface area contributed by atoms with Crippen LogP contribution in [-0.2, 0) is 0 Å². The molecule has 0 bridgehead atoms. The molecule has 0 N–H and O–H groups in total. The Morgan fingerprint density at radius 1 is 1.04 bits per heavy atom. The number of carbonyl (C=O) groups excluding carboxylic acids is 1. The zero-order valence-electron chi connectivity index (χ0n) is 13.1. The molecule has 2 fully saturated rings. The molecule has 0 aromatic carbocycles. The van der Waals surface area contributed by atoms with Crippen LogP contribution in [0.25, 0.3) is 5.82 Å². The van der Waals surface area contributed by atoms with Gasteiger partial charge in [-0.3, -0.25) is 4.79 Å². The molecule has 4 heterocycles. The lowest BCUT2D eigenvalue weighted by Gasteiger charge is -2.44. The van der Waals surface area contributed by atoms with Crippen LogP contribution in [0.1, 0.15) is 23.3 Å². The summed E-state index contributed by atoms with van der Waals surface area (Å²) in [5.41, 5.74) is 0.550. The Bertz CT molecular complexity index is 673. The number of carbonyl (C=O) groups is 1. The highest BCUT2D eigenvalue weighted by Crippen LogP contribution is 2.34. The molecule has 0 saturated carbocycles. The van der Waals surface area contributed by atoms with Gasteiger partial charge in [0.05, 0.1) is 0 Å². The molecule has 0 unspecified atom stereocenters. The lowest BCUT2D eigenvalue weighted by Crippen LogP contribution is -2.53. The molecule has 4 nitrogen and oxygen atoms in total. The van der Waals surface area contributed by atoms with E-state index in [4.69, 9.17) is 0 Å². The zero-order valence-corrected chi connectivity index (χ0v) is 13.9. The summed E-state index contributed by atoms with van der Waals surface area (Å²) in [4.78, 5) is 19.1. The third kappa shape index (κ3) is 3.02. The van der Waals surface area contributed by atoms with E-state index in [2.05, 4.69) is 16.7 Å². The van der Waals surface area contributed by atoms with Crippen LogP contribution in [0.3, 0.4) is 0 Å². The van der Waals surface area contributed by atoms with Crippen molar-refractivity contribution >= 4 is 17.7 Å². The maximum absolute atomic E-state index is 12.6. The van der Waals surface area contributed by atoms with Gasteiger partial charge in [0, 0.05) is 25.5 Å². The molecule has 2 aromatic heterocycles. The molecule has 0 aliphatic carbocycles. The molecule has 1 amide bonds. The van der Waals surface area contributed by atoms with Gasteiger partial charge in [-0.15, -0.1) is 0 Å². The molecule has 23 heavy (non-hydrogen) atoms. The number of nitrogens with zero attached hydrogens (tertiary/aromatic N) is 3. The first-order valence-electron chi connectivity index (χ1n) is 8.29. The lowest BCUT2D eigenvalue weighted by molar-refractivity contribution is 0.0346. The Morgan fingerprint density at radius 3 is 2.52 bits per heavy atom. The first-order valence-corrected chi connectivity index (χ1v) is 9.44. The van der Waals surface area contributed by atoms with Crippen molar-refractivity contribution in [3.63, 3.8) is 0 Å². The minimum Gasteiger partial charge on any atom is -0.337 e. The first kappa shape index (κ1) is 14.8. The molecular formula is C18H21N3OS. The third-order valence-corrected chi connectivity index (χ3v) is 6.00. The van der Waals surface area contributed by atoms with Crippen molar-refractivity contribution in [3.05, 3.63) is 48.4 Å². The van der Waals surface area contributed by atoms with Gasteiger partial charge in [0.1, 0.15) is 11.5 Å². The lowest BCUT2D eigenvalue weighted by atomic mass is 9.82. The molecule has 120 valence electrons. The Kier molecular flexibility index (Phi) is 4.12. The molecule has 0 spiro atoms. The SMILES string of the molecule is O=C(c1cccc(-n2cccc2)n1)N1CC(C2CCSCC2)C1. The standard InChI is InChI=1S/C18H21N3OS/c22-18(21-12-15(13-21)14-6-10-23-11-7-14)16-4-3-5-17(19-16)20-8-1-2-9-20/h1-5,8-9,14-15H,6-7,10-13H2. The molecule has 2 aliphatic rings. The summed E-state index contributed by atoms with van der Waals surface area (Å²) in [6.45, 7) is 1.81. The van der Waals surface area contributed by atoms with Gasteiger partial charge >= 0.3 is 0 Å². The van der Waals surface area contributed by atoms with Crippen LogP contribution in [0.4, 0.5) is 0 Å². The summed E-state index contributed by atoms with van der Waals surface area (Å²) >= 11 is 2.06. The van der Waals surface area contributed by atoms with E-state index < -0.39 is 0 Å². The average molecular weight is 327 g/mol. The van der Waals surface area contributed by atoms with E-state index in [0.29, 0.717) is 11.6 Å². The molecule has 2 aromatic rings. The van der Waals surface area contributed by atoms with Crippen LogP contribution in [0.15, 0.2) is 42.7 Å². The minimum atomic E-state index is 0.0699. The van der Waals surface area contributed by atoms with E-state index >= 15 is 0 Å². The van der Waals surface area contributed by atoms with Crippen LogP contribution in [0.5, 0.6) is 0 Å². The van der Waals surface area contributed by atoms with Crippen LogP contribution >= 0.6 is 11.8 Å². The smallest absolute Gasteiger partial charge is 0.272 e. The van der Waals surface area contributed by atoms with Crippen molar-refractivity contribution in [1.82, 2.24) is 14.5 Å². The first-order chi connectivity index (χ1) is 11.3. The summed E-state index contributed by atoms with van der Waals surface area (Å²) in [5.74, 6) is 4.96. The molecule has 2 aliphatic heterocycles. The van der Waals surface area contributed by atoms with Crippen LogP contribution in [0, 0.1) is 11.8 Å². The topological polar surface area (TPSA) is 38.1 Å². The predicted molar refractivity (Wildman–Crippen MR) is 93.0 cm³/mol. The summed E-state index contributed by atoms with van der Waals surface area (Å²) < 4.78 is 1.93. The second kappa shape index (κ2) is 6.40. The predicted octanol–water partition coefficient (Wildman–Crippen LogP) is 3.09. The van der Waals surface area contributed by atoms with Crippen LogP contribution < -0.4 is 0 Å². The highest BCUT2D eigenvalue weighted by atomic mass is 32.2. The van der Waals surface area contributed by atoms with Gasteiger partial charge in [0.15, 0.2) is 0 Å². The largest absolute Gasteiger partial charge is 0.337 e. The normalized spacial score (nSPS) is 19.6. The molecule has 5 heteroatoms. The minimum absolute atomic E-state index is 0.0699. The fourth-order valence-corrected chi connectivity index (χ4v) is 4.64. The van der Waals surface area contributed by atoms with E-state index in [9.17, 15) is 4.79 Å². The Balaban J connectivity index is 1.41. The molecule has 0 atom stereocenters. The number of amides is 1. The fourth-order valence-electron chi connectivity index (χ4n) is 3.50. The van der Waals surface area contributed by atoms with Crippen LogP contribution in [0.2, 0.25) is 0 Å². The Labute approximate surface area is 140 Å². The number of aromatic nitrogens is 2. The molecule has 0 radical (unpaired) electrons. The maximum Gasteiger partial charge on any atom is 0.272 e. The number of hydrogen-bond acceptors (Lipinski definition) is 3. The van der Waals surface area contributed by atoms with Gasteiger partial charge < -0.3 is 9.47 Å². The van der Waals surface area contributed by atoms with Crippen molar-refractivity contribution in [2.45, 2.75) is 12.8 Å². The molecule has 4 rings (SSSR count). The second-order valence-corrected chi connectivity index (χ2v) is 7.62. The van der Waals surface area contributed by atoms with E-state index in [1.165, 1.54) is 24.3 Å². The van der Waals surface area contributed by atoms with Gasteiger partial charge in [-0.2, -0.15) is 11.8 Å². The van der Waals surface area contributed by atoms with E-state index in [-0.39, 0.29) is 5.91 Å². The monoisotopic (exact) mass is 327 g/mol. The van der Waals surface area contributed by atoms with Gasteiger partial charge in [-0.05, 0) is 60.4 Å². The van der Waals surface area contributed by atoms with Gasteiger partial charge in [-0.1, -0.05) is 6.07 Å². The maximum atomic E-state index is 12.6. The van der Waals surface area contributed by atoms with Gasteiger partial charge in [0.25, 0.3) is 5.91 Å². The third-order valence-electron chi connectivity index (χ3n) is 4.95. The van der Waals surface area contributed by atoms with Crippen molar-refractivity contribution in [2.24, 2.45) is 11.8 Å².